The Balaban J connectivity index is 1.56. The Labute approximate surface area is 134 Å². The second-order valence-corrected chi connectivity index (χ2v) is 5.26. The predicted octanol–water partition coefficient (Wildman–Crippen LogP) is 2.03. The maximum Gasteiger partial charge on any atom is 0.227 e. The molecule has 0 aliphatic rings. The van der Waals surface area contributed by atoms with Gasteiger partial charge in [-0.3, -0.25) is 14.9 Å². The number of hydrogen-bond acceptors (Lipinski definition) is 4. The highest BCUT2D eigenvalue weighted by atomic mass is 16.1. The molecule has 0 aliphatic carbocycles. The second kappa shape index (κ2) is 6.83. The van der Waals surface area contributed by atoms with Crippen molar-refractivity contribution < 1.29 is 4.79 Å². The number of pyridine rings is 1. The Hall–Kier alpha value is -3.02. The average Bonchev–Trinajstić information content (AvgIpc) is 3.04. The topological polar surface area (TPSA) is 83.6 Å². The molecule has 6 nitrogen and oxygen atoms in total. The summed E-state index contributed by atoms with van der Waals surface area (Å²) >= 11 is 0. The van der Waals surface area contributed by atoms with Gasteiger partial charge in [-0.05, 0) is 24.6 Å². The first-order chi connectivity index (χ1) is 11.2. The Morgan fingerprint density at radius 1 is 1.17 bits per heavy atom. The van der Waals surface area contributed by atoms with Gasteiger partial charge in [-0.1, -0.05) is 35.9 Å². The molecule has 1 amide bonds. The van der Waals surface area contributed by atoms with Gasteiger partial charge >= 0.3 is 0 Å². The molecule has 2 heterocycles. The van der Waals surface area contributed by atoms with E-state index in [0.717, 1.165) is 5.56 Å². The van der Waals surface area contributed by atoms with Crippen LogP contribution in [0.3, 0.4) is 0 Å². The van der Waals surface area contributed by atoms with E-state index in [4.69, 9.17) is 0 Å². The van der Waals surface area contributed by atoms with Crippen LogP contribution in [0.15, 0.2) is 48.7 Å². The SMILES string of the molecule is Cc1ccc(CNC(=O)Cc2nc(-c3ccccn3)n[nH]2)cc1. The van der Waals surface area contributed by atoms with E-state index in [1.807, 2.05) is 49.4 Å². The van der Waals surface area contributed by atoms with Crippen LogP contribution in [0, 0.1) is 6.92 Å². The van der Waals surface area contributed by atoms with Crippen LogP contribution in [0.5, 0.6) is 0 Å². The van der Waals surface area contributed by atoms with E-state index < -0.39 is 0 Å². The normalized spacial score (nSPS) is 10.5. The number of aryl methyl sites for hydroxylation is 1. The smallest absolute Gasteiger partial charge is 0.227 e. The van der Waals surface area contributed by atoms with Crippen LogP contribution >= 0.6 is 0 Å². The summed E-state index contributed by atoms with van der Waals surface area (Å²) in [6.07, 6.45) is 1.84. The van der Waals surface area contributed by atoms with E-state index in [1.165, 1.54) is 5.56 Å². The zero-order valence-electron chi connectivity index (χ0n) is 12.8. The zero-order chi connectivity index (χ0) is 16.1. The van der Waals surface area contributed by atoms with Crippen molar-refractivity contribution in [2.75, 3.05) is 0 Å². The maximum atomic E-state index is 12.0. The number of carbonyl (C=O) groups excluding carboxylic acids is 1. The van der Waals surface area contributed by atoms with Crippen LogP contribution in [0.25, 0.3) is 11.5 Å². The highest BCUT2D eigenvalue weighted by molar-refractivity contribution is 5.77. The van der Waals surface area contributed by atoms with Gasteiger partial charge in [-0.2, -0.15) is 5.10 Å². The minimum absolute atomic E-state index is 0.103. The molecule has 3 rings (SSSR count). The van der Waals surface area contributed by atoms with Crippen LogP contribution in [0.4, 0.5) is 0 Å². The first kappa shape index (κ1) is 14.9. The average molecular weight is 307 g/mol. The van der Waals surface area contributed by atoms with Crippen molar-refractivity contribution in [3.8, 4) is 11.5 Å². The fourth-order valence-electron chi connectivity index (χ4n) is 2.11. The van der Waals surface area contributed by atoms with Gasteiger partial charge in [0.05, 0.1) is 6.42 Å². The van der Waals surface area contributed by atoms with E-state index in [2.05, 4.69) is 25.5 Å². The van der Waals surface area contributed by atoms with Crippen molar-refractivity contribution in [3.63, 3.8) is 0 Å². The van der Waals surface area contributed by atoms with Crippen molar-refractivity contribution in [1.82, 2.24) is 25.5 Å². The van der Waals surface area contributed by atoms with Crippen molar-refractivity contribution in [2.24, 2.45) is 0 Å². The fraction of sp³-hybridized carbons (Fsp3) is 0.176. The van der Waals surface area contributed by atoms with Gasteiger partial charge in [0.2, 0.25) is 5.91 Å². The first-order valence-electron chi connectivity index (χ1n) is 7.35. The summed E-state index contributed by atoms with van der Waals surface area (Å²) in [7, 11) is 0. The Bertz CT molecular complexity index is 780. The lowest BCUT2D eigenvalue weighted by atomic mass is 10.1. The largest absolute Gasteiger partial charge is 0.352 e. The van der Waals surface area contributed by atoms with Crippen LogP contribution in [0.1, 0.15) is 17.0 Å². The number of carbonyl (C=O) groups is 1. The summed E-state index contributed by atoms with van der Waals surface area (Å²) in [6.45, 7) is 2.53. The van der Waals surface area contributed by atoms with Gasteiger partial charge in [-0.15, -0.1) is 0 Å². The minimum Gasteiger partial charge on any atom is -0.352 e. The van der Waals surface area contributed by atoms with Gasteiger partial charge < -0.3 is 5.32 Å². The lowest BCUT2D eigenvalue weighted by molar-refractivity contribution is -0.120. The lowest BCUT2D eigenvalue weighted by Gasteiger charge is -2.04. The summed E-state index contributed by atoms with van der Waals surface area (Å²) < 4.78 is 0. The Kier molecular flexibility index (Phi) is 4.42. The second-order valence-electron chi connectivity index (χ2n) is 5.26. The molecule has 3 aromatic rings. The molecule has 0 atom stereocenters. The molecule has 0 unspecified atom stereocenters. The van der Waals surface area contributed by atoms with Crippen LogP contribution in [-0.4, -0.2) is 26.1 Å². The molecule has 0 saturated carbocycles. The molecule has 23 heavy (non-hydrogen) atoms. The number of benzene rings is 1. The molecular formula is C17H17N5O. The van der Waals surface area contributed by atoms with Crippen LogP contribution < -0.4 is 5.32 Å². The summed E-state index contributed by atoms with van der Waals surface area (Å²) in [5.74, 6) is 0.910. The molecule has 6 heteroatoms. The molecule has 116 valence electrons. The number of amides is 1. The van der Waals surface area contributed by atoms with Gasteiger partial charge in [-0.25, -0.2) is 4.98 Å². The van der Waals surface area contributed by atoms with Crippen LogP contribution in [0.2, 0.25) is 0 Å². The summed E-state index contributed by atoms with van der Waals surface area (Å²) in [4.78, 5) is 20.5. The van der Waals surface area contributed by atoms with E-state index in [0.29, 0.717) is 23.9 Å². The first-order valence-corrected chi connectivity index (χ1v) is 7.35. The number of hydrogen-bond donors (Lipinski definition) is 2. The van der Waals surface area contributed by atoms with E-state index in [-0.39, 0.29) is 12.3 Å². The van der Waals surface area contributed by atoms with Gasteiger partial charge in [0.15, 0.2) is 5.82 Å². The monoisotopic (exact) mass is 307 g/mol. The Morgan fingerprint density at radius 3 is 2.74 bits per heavy atom. The fourth-order valence-corrected chi connectivity index (χ4v) is 2.11. The molecule has 0 aliphatic heterocycles. The van der Waals surface area contributed by atoms with Gasteiger partial charge in [0.1, 0.15) is 11.5 Å². The number of rotatable bonds is 5. The highest BCUT2D eigenvalue weighted by Crippen LogP contribution is 2.10. The zero-order valence-corrected chi connectivity index (χ0v) is 12.8. The Morgan fingerprint density at radius 2 is 2.00 bits per heavy atom. The number of H-pyrrole nitrogens is 1. The molecule has 0 bridgehead atoms. The molecule has 2 aromatic heterocycles. The van der Waals surface area contributed by atoms with E-state index in [1.54, 1.807) is 6.20 Å². The standard InChI is InChI=1S/C17H17N5O/c1-12-5-7-13(8-6-12)11-19-16(23)10-15-20-17(22-21-15)14-4-2-3-9-18-14/h2-9H,10-11H2,1H3,(H,19,23)(H,20,21,22). The van der Waals surface area contributed by atoms with Gasteiger partial charge in [0, 0.05) is 12.7 Å². The summed E-state index contributed by atoms with van der Waals surface area (Å²) in [5.41, 5.74) is 2.94. The van der Waals surface area contributed by atoms with Crippen molar-refractivity contribution in [2.45, 2.75) is 19.9 Å². The van der Waals surface area contributed by atoms with Gasteiger partial charge in [0.25, 0.3) is 0 Å². The van der Waals surface area contributed by atoms with E-state index >= 15 is 0 Å². The van der Waals surface area contributed by atoms with Crippen LogP contribution in [-0.2, 0) is 17.8 Å². The number of aromatic nitrogens is 4. The third-order valence-electron chi connectivity index (χ3n) is 3.36. The quantitative estimate of drug-likeness (QED) is 0.755. The molecule has 1 aromatic carbocycles. The molecule has 0 fully saturated rings. The third kappa shape index (κ3) is 4.00. The number of aromatic amines is 1. The molecule has 0 spiro atoms. The van der Waals surface area contributed by atoms with Crippen molar-refractivity contribution >= 4 is 5.91 Å². The third-order valence-corrected chi connectivity index (χ3v) is 3.36. The predicted molar refractivity (Wildman–Crippen MR) is 86.3 cm³/mol. The maximum absolute atomic E-state index is 12.0. The minimum atomic E-state index is -0.103. The molecule has 0 radical (unpaired) electrons. The molecule has 0 saturated heterocycles. The number of nitrogens with zero attached hydrogens (tertiary/aromatic N) is 3. The summed E-state index contributed by atoms with van der Waals surface area (Å²) in [5, 5.41) is 9.74. The number of nitrogens with one attached hydrogen (secondary N) is 2. The van der Waals surface area contributed by atoms with Crippen molar-refractivity contribution in [3.05, 3.63) is 65.6 Å². The summed E-state index contributed by atoms with van der Waals surface area (Å²) in [6, 6.07) is 13.6. The van der Waals surface area contributed by atoms with Crippen molar-refractivity contribution in [1.29, 1.82) is 0 Å². The molecule has 2 N–H and O–H groups in total. The highest BCUT2D eigenvalue weighted by Gasteiger charge is 2.10. The van der Waals surface area contributed by atoms with E-state index in [9.17, 15) is 4.79 Å². The lowest BCUT2D eigenvalue weighted by Crippen LogP contribution is -2.25. The molecular weight excluding hydrogens is 290 g/mol.